The van der Waals surface area contributed by atoms with Gasteiger partial charge in [0.05, 0.1) is 29.5 Å². The van der Waals surface area contributed by atoms with Crippen molar-refractivity contribution in [3.8, 4) is 22.7 Å². The predicted octanol–water partition coefficient (Wildman–Crippen LogP) is 5.57. The molecule has 1 atom stereocenters. The third-order valence-corrected chi connectivity index (χ3v) is 8.37. The summed E-state index contributed by atoms with van der Waals surface area (Å²) in [4.78, 5) is 32.8. The number of hydrogen-bond acceptors (Lipinski definition) is 6. The molecule has 8 nitrogen and oxygen atoms in total. The minimum absolute atomic E-state index is 0.0859. The van der Waals surface area contributed by atoms with Crippen molar-refractivity contribution in [1.82, 2.24) is 20.1 Å². The van der Waals surface area contributed by atoms with Crippen molar-refractivity contribution in [1.29, 1.82) is 0 Å². The van der Waals surface area contributed by atoms with E-state index in [1.165, 1.54) is 28.8 Å². The summed E-state index contributed by atoms with van der Waals surface area (Å²) in [6.07, 6.45) is 3.35. The van der Waals surface area contributed by atoms with E-state index in [9.17, 15) is 14.0 Å². The highest BCUT2D eigenvalue weighted by Gasteiger charge is 2.37. The third kappa shape index (κ3) is 6.00. The van der Waals surface area contributed by atoms with E-state index >= 15 is 0 Å². The van der Waals surface area contributed by atoms with Crippen LogP contribution in [-0.2, 0) is 16.1 Å². The maximum Gasteiger partial charge on any atom is 0.240 e. The number of ether oxygens (including phenoxy) is 1. The Hall–Kier alpha value is -4.96. The molecule has 1 unspecified atom stereocenters. The average Bonchev–Trinajstić information content (AvgIpc) is 3.37. The first kappa shape index (κ1) is 28.2. The zero-order chi connectivity index (χ0) is 29.8. The molecule has 1 aliphatic rings. The minimum atomic E-state index is -0.430. The summed E-state index contributed by atoms with van der Waals surface area (Å²) in [6, 6.07) is 27.1. The summed E-state index contributed by atoms with van der Waals surface area (Å²) in [5, 5.41) is 7.52. The number of nitrogens with one attached hydrogen (secondary N) is 1. The maximum atomic E-state index is 14.5. The fraction of sp³-hybridized carbons (Fsp3) is 0.152. The predicted molar refractivity (Wildman–Crippen MR) is 165 cm³/mol. The summed E-state index contributed by atoms with van der Waals surface area (Å²) >= 11 is 1.39. The number of anilines is 1. The monoisotopic (exact) mass is 593 g/mol. The van der Waals surface area contributed by atoms with Crippen LogP contribution in [-0.4, -0.2) is 46.0 Å². The molecule has 2 amide bonds. The Morgan fingerprint density at radius 1 is 1.05 bits per heavy atom. The quantitative estimate of drug-likeness (QED) is 0.253. The molecular weight excluding hydrogens is 565 g/mol. The SMILES string of the molecule is COc1ccc(-n2nc(-c3ccccc3)c3c2N(CC(=O)NCc2cccnc2)C(=O)CSC3c2cccc(F)c2)cc1. The van der Waals surface area contributed by atoms with Crippen LogP contribution in [0.5, 0.6) is 5.75 Å². The molecule has 1 aliphatic heterocycles. The molecule has 10 heteroatoms. The fourth-order valence-electron chi connectivity index (χ4n) is 5.07. The van der Waals surface area contributed by atoms with Crippen LogP contribution in [0.25, 0.3) is 16.9 Å². The first-order chi connectivity index (χ1) is 21.0. The van der Waals surface area contributed by atoms with E-state index in [1.54, 1.807) is 36.3 Å². The van der Waals surface area contributed by atoms with Gasteiger partial charge in [-0.25, -0.2) is 9.07 Å². The number of aromatic nitrogens is 3. The molecule has 0 saturated carbocycles. The molecule has 3 heterocycles. The highest BCUT2D eigenvalue weighted by Crippen LogP contribution is 2.48. The standard InChI is InChI=1S/C33H28FN5O3S/c1-42-27-14-12-26(13-15-27)39-33-30(31(37-39)23-8-3-2-4-9-23)32(24-10-5-11-25(34)17-24)43-21-29(41)38(33)20-28(40)36-19-22-7-6-16-35-18-22/h2-18,32H,19-21H2,1H3,(H,36,40). The Bertz CT molecular complexity index is 1750. The molecule has 0 radical (unpaired) electrons. The Labute approximate surface area is 252 Å². The summed E-state index contributed by atoms with van der Waals surface area (Å²) in [7, 11) is 1.59. The number of amides is 2. The van der Waals surface area contributed by atoms with Gasteiger partial charge in [-0.15, -0.1) is 11.8 Å². The zero-order valence-electron chi connectivity index (χ0n) is 23.3. The first-order valence-corrected chi connectivity index (χ1v) is 14.7. The molecule has 6 rings (SSSR count). The van der Waals surface area contributed by atoms with Crippen molar-refractivity contribution in [2.45, 2.75) is 11.8 Å². The van der Waals surface area contributed by atoms with E-state index in [-0.39, 0.29) is 36.5 Å². The first-order valence-electron chi connectivity index (χ1n) is 13.7. The molecule has 43 heavy (non-hydrogen) atoms. The highest BCUT2D eigenvalue weighted by molar-refractivity contribution is 8.00. The second-order valence-corrected chi connectivity index (χ2v) is 11.0. The molecule has 216 valence electrons. The van der Waals surface area contributed by atoms with Crippen molar-refractivity contribution in [2.75, 3.05) is 24.3 Å². The average molecular weight is 594 g/mol. The van der Waals surface area contributed by atoms with Crippen LogP contribution in [0.4, 0.5) is 10.2 Å². The second kappa shape index (κ2) is 12.5. The van der Waals surface area contributed by atoms with Gasteiger partial charge in [-0.3, -0.25) is 19.5 Å². The Morgan fingerprint density at radius 3 is 2.58 bits per heavy atom. The zero-order valence-corrected chi connectivity index (χ0v) is 24.1. The van der Waals surface area contributed by atoms with Crippen LogP contribution in [0.1, 0.15) is 21.9 Å². The number of methoxy groups -OCH3 is 1. The lowest BCUT2D eigenvalue weighted by Gasteiger charge is -2.23. The van der Waals surface area contributed by atoms with E-state index < -0.39 is 5.25 Å². The Morgan fingerprint density at radius 2 is 1.86 bits per heavy atom. The number of thioether (sulfide) groups is 1. The van der Waals surface area contributed by atoms with Crippen LogP contribution in [0.15, 0.2) is 103 Å². The number of rotatable bonds is 8. The topological polar surface area (TPSA) is 89.3 Å². The lowest BCUT2D eigenvalue weighted by molar-refractivity contribution is -0.123. The van der Waals surface area contributed by atoms with Crippen molar-refractivity contribution < 1.29 is 18.7 Å². The molecule has 0 bridgehead atoms. The number of pyridine rings is 1. The molecule has 2 aromatic heterocycles. The molecular formula is C33H28FN5O3S. The molecule has 0 aliphatic carbocycles. The van der Waals surface area contributed by atoms with Gasteiger partial charge in [0.2, 0.25) is 11.8 Å². The number of carbonyl (C=O) groups excluding carboxylic acids is 2. The van der Waals surface area contributed by atoms with Crippen LogP contribution >= 0.6 is 11.8 Å². The molecule has 0 spiro atoms. The number of carbonyl (C=O) groups is 2. The molecule has 5 aromatic rings. The van der Waals surface area contributed by atoms with Gasteiger partial charge in [-0.1, -0.05) is 48.5 Å². The summed E-state index contributed by atoms with van der Waals surface area (Å²) < 4.78 is 21.6. The minimum Gasteiger partial charge on any atom is -0.497 e. The van der Waals surface area contributed by atoms with E-state index in [0.29, 0.717) is 28.5 Å². The Kier molecular flexibility index (Phi) is 8.19. The van der Waals surface area contributed by atoms with Crippen LogP contribution in [0, 0.1) is 5.82 Å². The van der Waals surface area contributed by atoms with Crippen LogP contribution in [0.3, 0.4) is 0 Å². The van der Waals surface area contributed by atoms with E-state index in [4.69, 9.17) is 9.84 Å². The number of nitrogens with zero attached hydrogens (tertiary/aromatic N) is 4. The smallest absolute Gasteiger partial charge is 0.240 e. The van der Waals surface area contributed by atoms with Crippen molar-refractivity contribution in [3.05, 3.63) is 126 Å². The van der Waals surface area contributed by atoms with Crippen molar-refractivity contribution >= 4 is 29.4 Å². The number of halogens is 1. The van der Waals surface area contributed by atoms with Crippen LogP contribution in [0.2, 0.25) is 0 Å². The summed E-state index contributed by atoms with van der Waals surface area (Å²) in [5.74, 6) is 0.261. The molecule has 0 saturated heterocycles. The van der Waals surface area contributed by atoms with Gasteiger partial charge in [0, 0.05) is 30.1 Å². The van der Waals surface area contributed by atoms with E-state index in [2.05, 4.69) is 10.3 Å². The largest absolute Gasteiger partial charge is 0.497 e. The van der Waals surface area contributed by atoms with E-state index in [0.717, 1.165) is 16.7 Å². The van der Waals surface area contributed by atoms with Gasteiger partial charge in [0.1, 0.15) is 23.9 Å². The Balaban J connectivity index is 1.52. The van der Waals surface area contributed by atoms with Gasteiger partial charge in [-0.2, -0.15) is 5.10 Å². The van der Waals surface area contributed by atoms with E-state index in [1.807, 2.05) is 66.7 Å². The van der Waals surface area contributed by atoms with Gasteiger partial charge < -0.3 is 10.1 Å². The number of fused-ring (bicyclic) bond motifs is 1. The lowest BCUT2D eigenvalue weighted by Crippen LogP contribution is -2.42. The molecule has 3 aromatic carbocycles. The lowest BCUT2D eigenvalue weighted by atomic mass is 9.99. The second-order valence-electron chi connectivity index (χ2n) is 9.93. The highest BCUT2D eigenvalue weighted by atomic mass is 32.2. The summed E-state index contributed by atoms with van der Waals surface area (Å²) in [5.41, 5.74) is 4.43. The fourth-order valence-corrected chi connectivity index (χ4v) is 6.26. The summed E-state index contributed by atoms with van der Waals surface area (Å²) in [6.45, 7) is 0.0494. The van der Waals surface area contributed by atoms with Crippen LogP contribution < -0.4 is 15.0 Å². The van der Waals surface area contributed by atoms with Gasteiger partial charge in [0.25, 0.3) is 0 Å². The van der Waals surface area contributed by atoms with Crippen molar-refractivity contribution in [3.63, 3.8) is 0 Å². The van der Waals surface area contributed by atoms with Crippen molar-refractivity contribution in [2.24, 2.45) is 0 Å². The maximum absolute atomic E-state index is 14.5. The molecule has 0 fully saturated rings. The normalized spacial score (nSPS) is 14.6. The number of hydrogen-bond donors (Lipinski definition) is 1. The van der Waals surface area contributed by atoms with Gasteiger partial charge >= 0.3 is 0 Å². The van der Waals surface area contributed by atoms with Gasteiger partial charge in [0.15, 0.2) is 0 Å². The number of benzene rings is 3. The van der Waals surface area contributed by atoms with Gasteiger partial charge in [-0.05, 0) is 53.6 Å². The third-order valence-electron chi connectivity index (χ3n) is 7.12. The molecule has 1 N–H and O–H groups in total.